The molecule has 0 bridgehead atoms. The van der Waals surface area contributed by atoms with Crippen LogP contribution < -0.4 is 4.74 Å². The monoisotopic (exact) mass is 992 g/mol. The Morgan fingerprint density at radius 1 is 0.642 bits per heavy atom. The third-order valence-electron chi connectivity index (χ3n) is 13.3. The molecule has 2 amide bonds. The van der Waals surface area contributed by atoms with E-state index in [0.717, 1.165) is 5.56 Å². The van der Waals surface area contributed by atoms with E-state index < -0.39 is 90.0 Å². The normalized spacial score (nSPS) is 19.9. The number of carbonyl (C=O) groups excluding carboxylic acids is 3. The van der Waals surface area contributed by atoms with Crippen molar-refractivity contribution in [3.8, 4) is 5.75 Å². The lowest BCUT2D eigenvalue weighted by atomic mass is 9.99. The lowest BCUT2D eigenvalue weighted by Gasteiger charge is -2.53. The molecule has 1 fully saturated rings. The highest BCUT2D eigenvalue weighted by Crippen LogP contribution is 2.47. The molecule has 1 saturated heterocycles. The lowest BCUT2D eigenvalue weighted by Crippen LogP contribution is -2.69. The summed E-state index contributed by atoms with van der Waals surface area (Å²) in [6, 6.07) is 13.5. The van der Waals surface area contributed by atoms with Crippen molar-refractivity contribution in [1.82, 2.24) is 9.80 Å². The van der Waals surface area contributed by atoms with E-state index in [4.69, 9.17) is 37.0 Å². The van der Waals surface area contributed by atoms with Gasteiger partial charge in [0, 0.05) is 33.3 Å². The number of carbonyl (C=O) groups is 3. The van der Waals surface area contributed by atoms with Crippen LogP contribution in [0.1, 0.15) is 94.2 Å². The molecule has 0 spiro atoms. The van der Waals surface area contributed by atoms with Crippen LogP contribution in [0.4, 0.5) is 15.3 Å². The van der Waals surface area contributed by atoms with E-state index in [-0.39, 0.29) is 47.2 Å². The quantitative estimate of drug-likeness (QED) is 0.0482. The summed E-state index contributed by atoms with van der Waals surface area (Å²) in [4.78, 5) is 54.9. The van der Waals surface area contributed by atoms with Crippen molar-refractivity contribution in [2.75, 3.05) is 27.2 Å². The number of esters is 1. The predicted octanol–water partition coefficient (Wildman–Crippen LogP) is 11.0. The van der Waals surface area contributed by atoms with Gasteiger partial charge >= 0.3 is 23.8 Å². The minimum atomic E-state index is -2.75. The minimum Gasteiger partial charge on any atom is -0.459 e. The van der Waals surface area contributed by atoms with Crippen LogP contribution in [-0.4, -0.2) is 121 Å². The molecule has 1 heterocycles. The van der Waals surface area contributed by atoms with Gasteiger partial charge in [-0.1, -0.05) is 98.7 Å². The van der Waals surface area contributed by atoms with Gasteiger partial charge in [0.2, 0.25) is 6.29 Å². The van der Waals surface area contributed by atoms with Crippen LogP contribution in [0.5, 0.6) is 5.75 Å². The van der Waals surface area contributed by atoms with Crippen molar-refractivity contribution >= 4 is 48.8 Å². The molecule has 67 heavy (non-hydrogen) atoms. The summed E-state index contributed by atoms with van der Waals surface area (Å²) in [6.07, 6.45) is -7.05. The topological polar surface area (TPSA) is 175 Å². The first-order valence-electron chi connectivity index (χ1n) is 23.0. The largest absolute Gasteiger partial charge is 0.459 e. The molecule has 2 aromatic carbocycles. The van der Waals surface area contributed by atoms with Gasteiger partial charge in [-0.25, -0.2) is 14.4 Å². The maximum Gasteiger partial charge on any atom is 0.410 e. The maximum atomic E-state index is 14.6. The summed E-state index contributed by atoms with van der Waals surface area (Å²) < 4.78 is 52.2. The average molecular weight is 992 g/mol. The fourth-order valence-electron chi connectivity index (χ4n) is 5.94. The van der Waals surface area contributed by atoms with Crippen LogP contribution in [0.25, 0.3) is 0 Å². The number of nitro groups is 1. The number of nitro benzene ring substituents is 1. The fraction of sp³-hybridized carbons (Fsp3) is 0.688. The molecule has 0 radical (unpaired) electrons. The molecule has 0 aromatic heterocycles. The van der Waals surface area contributed by atoms with Gasteiger partial charge in [0.15, 0.2) is 36.8 Å². The van der Waals surface area contributed by atoms with E-state index >= 15 is 0 Å². The zero-order valence-electron chi connectivity index (χ0n) is 44.0. The number of rotatable bonds is 17. The van der Waals surface area contributed by atoms with Gasteiger partial charge in [-0.15, -0.1) is 0 Å². The summed E-state index contributed by atoms with van der Waals surface area (Å²) in [7, 11) is -5.11. The van der Waals surface area contributed by atoms with Gasteiger partial charge in [-0.2, -0.15) is 0 Å². The third kappa shape index (κ3) is 15.8. The summed E-state index contributed by atoms with van der Waals surface area (Å²) in [6.45, 7) is 36.9. The fourth-order valence-corrected chi connectivity index (χ4v) is 9.82. The predicted molar refractivity (Wildman–Crippen MR) is 267 cm³/mol. The van der Waals surface area contributed by atoms with Gasteiger partial charge in [0.25, 0.3) is 0 Å². The van der Waals surface area contributed by atoms with Gasteiger partial charge < -0.3 is 46.8 Å². The molecule has 378 valence electrons. The number of hydrogen-bond acceptors (Lipinski definition) is 13. The van der Waals surface area contributed by atoms with E-state index in [1.54, 1.807) is 33.9 Å². The number of nitrogens with zero attached hydrogens (tertiary/aromatic N) is 3. The Labute approximate surface area is 403 Å². The average Bonchev–Trinajstić information content (AvgIpc) is 3.18. The zero-order chi connectivity index (χ0) is 51.3. The van der Waals surface area contributed by atoms with Crippen LogP contribution in [-0.2, 0) is 50.2 Å². The van der Waals surface area contributed by atoms with Crippen LogP contribution in [0.15, 0.2) is 48.5 Å². The summed E-state index contributed by atoms with van der Waals surface area (Å²) >= 11 is 0. The Kier molecular flexibility index (Phi) is 18.7. The zero-order valence-corrected chi connectivity index (χ0v) is 47.0. The van der Waals surface area contributed by atoms with E-state index in [1.807, 2.05) is 30.3 Å². The van der Waals surface area contributed by atoms with Crippen molar-refractivity contribution < 1.29 is 56.3 Å². The van der Waals surface area contributed by atoms with Gasteiger partial charge in [-0.05, 0) is 92.4 Å². The highest BCUT2D eigenvalue weighted by Gasteiger charge is 2.59. The van der Waals surface area contributed by atoms with E-state index in [2.05, 4.69) is 102 Å². The van der Waals surface area contributed by atoms with Crippen LogP contribution in [0.2, 0.25) is 54.4 Å². The Morgan fingerprint density at radius 3 is 1.58 bits per heavy atom. The second-order valence-electron chi connectivity index (χ2n) is 23.1. The van der Waals surface area contributed by atoms with Crippen molar-refractivity contribution in [3.05, 3.63) is 69.8 Å². The molecule has 3 rings (SSSR count). The Hall–Kier alpha value is -3.86. The smallest absolute Gasteiger partial charge is 0.410 e. The molecule has 2 aromatic rings. The summed E-state index contributed by atoms with van der Waals surface area (Å²) in [5, 5.41) is 11.9. The van der Waals surface area contributed by atoms with Crippen LogP contribution >= 0.6 is 0 Å². The molecule has 1 aliphatic heterocycles. The molecule has 0 saturated carbocycles. The van der Waals surface area contributed by atoms with Gasteiger partial charge in [0.05, 0.1) is 4.92 Å². The van der Waals surface area contributed by atoms with Gasteiger partial charge in [0.1, 0.15) is 37.1 Å². The van der Waals surface area contributed by atoms with E-state index in [1.165, 1.54) is 29.0 Å². The van der Waals surface area contributed by atoms with Crippen molar-refractivity contribution in [1.29, 1.82) is 0 Å². The first kappa shape index (κ1) is 57.5. The third-order valence-corrected chi connectivity index (χ3v) is 26.7. The van der Waals surface area contributed by atoms with Crippen molar-refractivity contribution in [3.63, 3.8) is 0 Å². The highest BCUT2D eigenvalue weighted by atomic mass is 28.4. The van der Waals surface area contributed by atoms with E-state index in [9.17, 15) is 24.5 Å². The molecule has 0 aliphatic carbocycles. The molecule has 1 aliphatic rings. The first-order chi connectivity index (χ1) is 30.4. The van der Waals surface area contributed by atoms with Gasteiger partial charge in [-0.3, -0.25) is 10.1 Å². The Morgan fingerprint density at radius 2 is 1.10 bits per heavy atom. The number of hydrogen-bond donors (Lipinski definition) is 0. The first-order valence-corrected chi connectivity index (χ1v) is 31.8. The number of likely N-dealkylation sites (N-methyl/N-ethyl adjacent to an activating group) is 2. The van der Waals surface area contributed by atoms with E-state index in [0.29, 0.717) is 5.56 Å². The lowest BCUT2D eigenvalue weighted by molar-refractivity contribution is -0.387. The molecular formula is C48H81N3O13Si3. The summed E-state index contributed by atoms with van der Waals surface area (Å²) in [5.74, 6) is -0.869. The second-order valence-corrected chi connectivity index (χ2v) is 37.4. The molecule has 16 nitrogen and oxygen atoms in total. The highest BCUT2D eigenvalue weighted by molar-refractivity contribution is 6.75. The standard InChI is InChI=1S/C48H81N3O13Si3/c1-45(2,3)61-44(54)50(14)29-28-49(13)43(53)58-32-34-26-27-36(35(30-34)51(55)56)59-42-40(64-67(19,20)48(10,11)12)38(63-66(17,18)47(7,8)9)37(62-65(15,16)46(4,5)6)39(60-42)41(52)57-31-33-24-22-21-23-25-33/h21-27,30,37-40,42H,28-29,31-32H2,1-20H3/t37-,38-,39-,40+,42+/m0/s1. The molecule has 5 atom stereocenters. The van der Waals surface area contributed by atoms with Crippen molar-refractivity contribution in [2.45, 2.75) is 187 Å². The second kappa shape index (κ2) is 21.8. The van der Waals surface area contributed by atoms with Crippen LogP contribution in [0, 0.1) is 10.1 Å². The number of ether oxygens (including phenoxy) is 5. The summed E-state index contributed by atoms with van der Waals surface area (Å²) in [5.41, 5.74) is -0.0185. The number of benzene rings is 2. The molecule has 19 heteroatoms. The molecule has 0 N–H and O–H groups in total. The number of amides is 2. The SMILES string of the molecule is CN(CCN(C)C(=O)OC(C)(C)C)C(=O)OCc1ccc(O[C@@H]2O[C@H](C(=O)OCc3ccccc3)[C@@H](O[Si](C)(C)C(C)(C)C)[C@H](O[Si](C)(C)C(C)(C)C)[C@H]2O[Si](C)(C)C(C)(C)C)c([N+](=O)[O-])c1. The maximum absolute atomic E-state index is 14.6. The Bertz CT molecular complexity index is 2010. The molecule has 0 unspecified atom stereocenters. The minimum absolute atomic E-state index is 0.0358. The van der Waals surface area contributed by atoms with Crippen molar-refractivity contribution in [2.24, 2.45) is 0 Å². The Balaban J connectivity index is 2.13. The molecular weight excluding hydrogens is 911 g/mol. The van der Waals surface area contributed by atoms with Crippen LogP contribution in [0.3, 0.4) is 0 Å².